The number of sulfone groups is 1. The highest BCUT2D eigenvalue weighted by atomic mass is 32.2. The third kappa shape index (κ3) is 3.22. The van der Waals surface area contributed by atoms with Gasteiger partial charge in [-0.2, -0.15) is 0 Å². The number of nitrogens with two attached hydrogens (primary N) is 1. The molecule has 1 aliphatic rings. The van der Waals surface area contributed by atoms with Gasteiger partial charge in [-0.3, -0.25) is 0 Å². The van der Waals surface area contributed by atoms with Crippen molar-refractivity contribution in [1.82, 2.24) is 0 Å². The fraction of sp³-hybridized carbons (Fsp3) is 1.00. The minimum atomic E-state index is -3.04. The predicted molar refractivity (Wildman–Crippen MR) is 55.9 cm³/mol. The Morgan fingerprint density at radius 2 is 2.29 bits per heavy atom. The van der Waals surface area contributed by atoms with E-state index in [2.05, 4.69) is 0 Å². The first-order valence-corrected chi connectivity index (χ1v) is 6.82. The van der Waals surface area contributed by atoms with Crippen molar-refractivity contribution in [1.29, 1.82) is 0 Å². The van der Waals surface area contributed by atoms with Gasteiger partial charge in [0.1, 0.15) is 0 Å². The fourth-order valence-electron chi connectivity index (χ4n) is 1.55. The summed E-state index contributed by atoms with van der Waals surface area (Å²) >= 11 is 0. The molecule has 0 aliphatic carbocycles. The van der Waals surface area contributed by atoms with Gasteiger partial charge in [0.15, 0.2) is 9.84 Å². The van der Waals surface area contributed by atoms with E-state index in [4.69, 9.17) is 10.5 Å². The molecule has 5 heteroatoms. The molecule has 1 heterocycles. The van der Waals surface area contributed by atoms with Crippen LogP contribution < -0.4 is 5.73 Å². The minimum absolute atomic E-state index is 0.0948. The van der Waals surface area contributed by atoms with Gasteiger partial charge in [-0.15, -0.1) is 0 Å². The van der Waals surface area contributed by atoms with E-state index < -0.39 is 9.84 Å². The zero-order chi connectivity index (χ0) is 10.6. The molecule has 0 aromatic rings. The van der Waals surface area contributed by atoms with Crippen molar-refractivity contribution in [3.05, 3.63) is 0 Å². The van der Waals surface area contributed by atoms with Gasteiger partial charge in [0.25, 0.3) is 0 Å². The van der Waals surface area contributed by atoms with Crippen molar-refractivity contribution in [2.24, 2.45) is 5.73 Å². The van der Waals surface area contributed by atoms with Crippen LogP contribution in [0.15, 0.2) is 0 Å². The van der Waals surface area contributed by atoms with Crippen LogP contribution in [0, 0.1) is 0 Å². The van der Waals surface area contributed by atoms with Crippen molar-refractivity contribution in [3.63, 3.8) is 0 Å². The number of hydrogen-bond donors (Lipinski definition) is 1. The first-order valence-electron chi connectivity index (χ1n) is 5.11. The molecule has 0 saturated carbocycles. The number of rotatable bonds is 4. The summed E-state index contributed by atoms with van der Waals surface area (Å²) < 4.78 is 28.8. The molecule has 2 unspecified atom stereocenters. The molecule has 0 aromatic heterocycles. The number of ether oxygens (including phenoxy) is 1. The average Bonchev–Trinajstić information content (AvgIpc) is 2.18. The van der Waals surface area contributed by atoms with Crippen molar-refractivity contribution >= 4 is 9.84 Å². The van der Waals surface area contributed by atoms with Crippen LogP contribution >= 0.6 is 0 Å². The highest BCUT2D eigenvalue weighted by Crippen LogP contribution is 2.16. The molecule has 1 aliphatic heterocycles. The summed E-state index contributed by atoms with van der Waals surface area (Å²) in [5.74, 6) is 0.0948. The Bertz CT molecular complexity index is 257. The van der Waals surface area contributed by atoms with Crippen molar-refractivity contribution in [2.45, 2.75) is 37.5 Å². The van der Waals surface area contributed by atoms with Crippen molar-refractivity contribution in [2.75, 3.05) is 19.0 Å². The summed E-state index contributed by atoms with van der Waals surface area (Å²) in [5.41, 5.74) is 5.65. The summed E-state index contributed by atoms with van der Waals surface area (Å²) in [6.45, 7) is 2.93. The zero-order valence-corrected chi connectivity index (χ0v) is 9.42. The Kier molecular flexibility index (Phi) is 4.34. The Morgan fingerprint density at radius 3 is 2.79 bits per heavy atom. The second-order valence-corrected chi connectivity index (χ2v) is 6.16. The Hall–Kier alpha value is -0.130. The third-order valence-electron chi connectivity index (χ3n) is 2.60. The van der Waals surface area contributed by atoms with E-state index in [1.165, 1.54) is 0 Å². The van der Waals surface area contributed by atoms with Crippen LogP contribution in [0.4, 0.5) is 0 Å². The monoisotopic (exact) mass is 221 g/mol. The molecule has 14 heavy (non-hydrogen) atoms. The van der Waals surface area contributed by atoms with E-state index in [9.17, 15) is 8.42 Å². The van der Waals surface area contributed by atoms with Gasteiger partial charge in [0.05, 0.1) is 17.6 Å². The van der Waals surface area contributed by atoms with Gasteiger partial charge in [-0.05, 0) is 19.3 Å². The fourth-order valence-corrected chi connectivity index (χ4v) is 3.48. The van der Waals surface area contributed by atoms with Gasteiger partial charge >= 0.3 is 0 Å². The van der Waals surface area contributed by atoms with Crippen LogP contribution in [0.25, 0.3) is 0 Å². The van der Waals surface area contributed by atoms with Gasteiger partial charge < -0.3 is 10.5 Å². The second kappa shape index (κ2) is 5.09. The molecule has 0 spiro atoms. The van der Waals surface area contributed by atoms with Crippen LogP contribution in [0.2, 0.25) is 0 Å². The Labute approximate surface area is 85.7 Å². The van der Waals surface area contributed by atoms with Gasteiger partial charge in [0.2, 0.25) is 0 Å². The lowest BCUT2D eigenvalue weighted by Gasteiger charge is -2.23. The van der Waals surface area contributed by atoms with E-state index in [0.29, 0.717) is 19.6 Å². The topological polar surface area (TPSA) is 69.4 Å². The molecular formula is C9H19NO3S. The summed E-state index contributed by atoms with van der Waals surface area (Å²) in [5, 5.41) is -0.325. The SMILES string of the molecule is CCC(N)CS(=O)(=O)C1CCCOC1. The van der Waals surface area contributed by atoms with E-state index in [1.807, 2.05) is 6.92 Å². The maximum Gasteiger partial charge on any atom is 0.156 e. The Morgan fingerprint density at radius 1 is 1.57 bits per heavy atom. The quantitative estimate of drug-likeness (QED) is 0.742. The molecule has 0 aromatic carbocycles. The van der Waals surface area contributed by atoms with E-state index in [0.717, 1.165) is 12.8 Å². The summed E-state index contributed by atoms with van der Waals surface area (Å²) in [4.78, 5) is 0. The first kappa shape index (κ1) is 11.9. The van der Waals surface area contributed by atoms with Crippen LogP contribution in [-0.2, 0) is 14.6 Å². The number of hydrogen-bond acceptors (Lipinski definition) is 4. The highest BCUT2D eigenvalue weighted by Gasteiger charge is 2.28. The average molecular weight is 221 g/mol. The van der Waals surface area contributed by atoms with Crippen LogP contribution in [0.1, 0.15) is 26.2 Å². The molecule has 0 amide bonds. The lowest BCUT2D eigenvalue weighted by Crippen LogP contribution is -2.38. The largest absolute Gasteiger partial charge is 0.380 e. The molecule has 2 N–H and O–H groups in total. The van der Waals surface area contributed by atoms with Crippen molar-refractivity contribution in [3.8, 4) is 0 Å². The van der Waals surface area contributed by atoms with Crippen LogP contribution in [-0.4, -0.2) is 38.7 Å². The molecule has 0 radical (unpaired) electrons. The Balaban J connectivity index is 2.54. The predicted octanol–water partition coefficient (Wildman–Crippen LogP) is 0.317. The summed E-state index contributed by atoms with van der Waals surface area (Å²) in [6, 6.07) is -0.234. The zero-order valence-electron chi connectivity index (χ0n) is 8.61. The summed E-state index contributed by atoms with van der Waals surface area (Å²) in [7, 11) is -3.04. The standard InChI is InChI=1S/C9H19NO3S/c1-2-8(10)7-14(11,12)9-4-3-5-13-6-9/h8-9H,2-7,10H2,1H3. The minimum Gasteiger partial charge on any atom is -0.380 e. The summed E-state index contributed by atoms with van der Waals surface area (Å²) in [6.07, 6.45) is 2.26. The van der Waals surface area contributed by atoms with Crippen molar-refractivity contribution < 1.29 is 13.2 Å². The van der Waals surface area contributed by atoms with Crippen LogP contribution in [0.3, 0.4) is 0 Å². The van der Waals surface area contributed by atoms with Gasteiger partial charge in [-0.1, -0.05) is 6.92 Å². The first-order chi connectivity index (χ1) is 6.56. The molecule has 2 atom stereocenters. The normalized spacial score (nSPS) is 26.0. The lowest BCUT2D eigenvalue weighted by atomic mass is 10.2. The van der Waals surface area contributed by atoms with E-state index in [1.54, 1.807) is 0 Å². The molecule has 84 valence electrons. The molecular weight excluding hydrogens is 202 g/mol. The highest BCUT2D eigenvalue weighted by molar-refractivity contribution is 7.92. The molecule has 1 saturated heterocycles. The maximum absolute atomic E-state index is 11.8. The molecule has 0 bridgehead atoms. The molecule has 4 nitrogen and oxygen atoms in total. The smallest absolute Gasteiger partial charge is 0.156 e. The maximum atomic E-state index is 11.8. The second-order valence-electron chi connectivity index (χ2n) is 3.84. The third-order valence-corrected chi connectivity index (χ3v) is 4.88. The molecule has 1 fully saturated rings. The van der Waals surface area contributed by atoms with Gasteiger partial charge in [0, 0.05) is 12.6 Å². The van der Waals surface area contributed by atoms with E-state index in [-0.39, 0.29) is 17.0 Å². The lowest BCUT2D eigenvalue weighted by molar-refractivity contribution is 0.0991. The van der Waals surface area contributed by atoms with E-state index >= 15 is 0 Å². The molecule has 1 rings (SSSR count). The van der Waals surface area contributed by atoms with Gasteiger partial charge in [-0.25, -0.2) is 8.42 Å². The van der Waals surface area contributed by atoms with Crippen LogP contribution in [0.5, 0.6) is 0 Å².